The molecule has 1 aromatic carbocycles. The molecular formula is C13H16FNO. The Morgan fingerprint density at radius 2 is 2.25 bits per heavy atom. The molecular weight excluding hydrogens is 205 g/mol. The molecule has 0 bridgehead atoms. The molecule has 0 unspecified atom stereocenters. The number of benzene rings is 1. The monoisotopic (exact) mass is 221 g/mol. The summed E-state index contributed by atoms with van der Waals surface area (Å²) in [5, 5.41) is 0. The molecule has 0 aliphatic heterocycles. The van der Waals surface area contributed by atoms with Crippen LogP contribution >= 0.6 is 0 Å². The summed E-state index contributed by atoms with van der Waals surface area (Å²) >= 11 is 0. The highest BCUT2D eigenvalue weighted by atomic mass is 19.1. The third-order valence-electron chi connectivity index (χ3n) is 2.17. The molecule has 16 heavy (non-hydrogen) atoms. The maximum atomic E-state index is 13.5. The van der Waals surface area contributed by atoms with Crippen LogP contribution in [0.5, 0.6) is 5.75 Å². The van der Waals surface area contributed by atoms with E-state index in [0.717, 1.165) is 12.0 Å². The second-order valence-electron chi connectivity index (χ2n) is 3.42. The number of ether oxygens (including phenoxy) is 1. The molecule has 0 saturated heterocycles. The molecule has 0 aromatic heterocycles. The van der Waals surface area contributed by atoms with Gasteiger partial charge in [0.2, 0.25) is 0 Å². The van der Waals surface area contributed by atoms with Crippen LogP contribution in [0, 0.1) is 18.2 Å². The van der Waals surface area contributed by atoms with Crippen molar-refractivity contribution in [2.75, 3.05) is 13.2 Å². The number of unbranched alkanes of at least 4 members (excludes halogenated alkanes) is 1. The lowest BCUT2D eigenvalue weighted by Crippen LogP contribution is -2.07. The molecule has 0 aliphatic carbocycles. The molecule has 86 valence electrons. The summed E-state index contributed by atoms with van der Waals surface area (Å²) in [7, 11) is 0. The van der Waals surface area contributed by atoms with Gasteiger partial charge in [0.15, 0.2) is 11.6 Å². The summed E-state index contributed by atoms with van der Waals surface area (Å²) < 4.78 is 18.9. The van der Waals surface area contributed by atoms with Gasteiger partial charge in [0, 0.05) is 6.42 Å². The molecule has 0 radical (unpaired) electrons. The van der Waals surface area contributed by atoms with Gasteiger partial charge in [-0.05, 0) is 31.0 Å². The largest absolute Gasteiger partial charge is 0.490 e. The van der Waals surface area contributed by atoms with Gasteiger partial charge >= 0.3 is 0 Å². The average Bonchev–Trinajstić information content (AvgIpc) is 2.28. The van der Waals surface area contributed by atoms with E-state index in [9.17, 15) is 4.39 Å². The third-order valence-corrected chi connectivity index (χ3v) is 2.17. The van der Waals surface area contributed by atoms with Crippen molar-refractivity contribution in [2.45, 2.75) is 19.3 Å². The van der Waals surface area contributed by atoms with Gasteiger partial charge in [-0.1, -0.05) is 12.1 Å². The molecule has 2 nitrogen and oxygen atoms in total. The van der Waals surface area contributed by atoms with Crippen LogP contribution in [0.1, 0.15) is 18.4 Å². The highest BCUT2D eigenvalue weighted by molar-refractivity contribution is 5.35. The predicted octanol–water partition coefficient (Wildman–Crippen LogP) is 2.12. The number of terminal acetylenes is 1. The Balaban J connectivity index is 2.65. The molecule has 0 spiro atoms. The minimum atomic E-state index is -0.341. The normalized spacial score (nSPS) is 9.81. The topological polar surface area (TPSA) is 35.2 Å². The van der Waals surface area contributed by atoms with Crippen molar-refractivity contribution < 1.29 is 9.13 Å². The molecule has 3 heteroatoms. The van der Waals surface area contributed by atoms with Crippen molar-refractivity contribution in [1.82, 2.24) is 0 Å². The summed E-state index contributed by atoms with van der Waals surface area (Å²) in [6.07, 6.45) is 7.10. The summed E-state index contributed by atoms with van der Waals surface area (Å²) in [5.74, 6) is 2.48. The van der Waals surface area contributed by atoms with Crippen molar-refractivity contribution in [3.8, 4) is 18.1 Å². The fourth-order valence-electron chi connectivity index (χ4n) is 1.42. The van der Waals surface area contributed by atoms with E-state index in [2.05, 4.69) is 5.92 Å². The van der Waals surface area contributed by atoms with Gasteiger partial charge in [-0.25, -0.2) is 4.39 Å². The van der Waals surface area contributed by atoms with Crippen LogP contribution < -0.4 is 10.5 Å². The molecule has 0 atom stereocenters. The molecule has 1 rings (SSSR count). The molecule has 0 amide bonds. The Bertz CT molecular complexity index is 371. The van der Waals surface area contributed by atoms with Crippen LogP contribution in [0.4, 0.5) is 4.39 Å². The summed E-state index contributed by atoms with van der Waals surface area (Å²) in [5.41, 5.74) is 6.26. The van der Waals surface area contributed by atoms with Gasteiger partial charge in [0.1, 0.15) is 0 Å². The van der Waals surface area contributed by atoms with Crippen LogP contribution in [0.15, 0.2) is 18.2 Å². The fourth-order valence-corrected chi connectivity index (χ4v) is 1.42. The second-order valence-corrected chi connectivity index (χ2v) is 3.42. The van der Waals surface area contributed by atoms with E-state index in [0.29, 0.717) is 31.7 Å². The first-order chi connectivity index (χ1) is 7.79. The molecule has 1 aromatic rings. The van der Waals surface area contributed by atoms with Gasteiger partial charge in [0.25, 0.3) is 0 Å². The predicted molar refractivity (Wildman–Crippen MR) is 62.7 cm³/mol. The van der Waals surface area contributed by atoms with Crippen LogP contribution in [-0.4, -0.2) is 13.2 Å². The standard InChI is InChI=1S/C13H16FNO/c1-2-3-4-10-16-13-11(8-9-15)6-5-7-12(13)14/h1,5-7H,3-4,8-10,15H2. The Hall–Kier alpha value is -1.53. The first-order valence-electron chi connectivity index (χ1n) is 5.33. The van der Waals surface area contributed by atoms with Gasteiger partial charge < -0.3 is 10.5 Å². The van der Waals surface area contributed by atoms with Gasteiger partial charge in [0.05, 0.1) is 6.61 Å². The lowest BCUT2D eigenvalue weighted by atomic mass is 10.1. The van der Waals surface area contributed by atoms with Gasteiger partial charge in [-0.3, -0.25) is 0 Å². The van der Waals surface area contributed by atoms with E-state index in [1.807, 2.05) is 6.07 Å². The lowest BCUT2D eigenvalue weighted by molar-refractivity contribution is 0.294. The zero-order valence-corrected chi connectivity index (χ0v) is 9.21. The smallest absolute Gasteiger partial charge is 0.165 e. The van der Waals surface area contributed by atoms with E-state index < -0.39 is 0 Å². The van der Waals surface area contributed by atoms with Crippen molar-refractivity contribution in [3.05, 3.63) is 29.6 Å². The highest BCUT2D eigenvalue weighted by Crippen LogP contribution is 2.23. The van der Waals surface area contributed by atoms with Crippen LogP contribution in [0.3, 0.4) is 0 Å². The molecule has 0 fully saturated rings. The lowest BCUT2D eigenvalue weighted by Gasteiger charge is -2.11. The second kappa shape index (κ2) is 6.86. The number of halogens is 1. The first kappa shape index (κ1) is 12.5. The quantitative estimate of drug-likeness (QED) is 0.590. The Morgan fingerprint density at radius 3 is 2.94 bits per heavy atom. The molecule has 0 heterocycles. The zero-order chi connectivity index (χ0) is 11.8. The third kappa shape index (κ3) is 3.56. The number of para-hydroxylation sites is 1. The van der Waals surface area contributed by atoms with E-state index in [4.69, 9.17) is 16.9 Å². The van der Waals surface area contributed by atoms with Crippen molar-refractivity contribution >= 4 is 0 Å². The number of nitrogens with two attached hydrogens (primary N) is 1. The summed E-state index contributed by atoms with van der Waals surface area (Å²) in [4.78, 5) is 0. The van der Waals surface area contributed by atoms with Crippen molar-refractivity contribution in [3.63, 3.8) is 0 Å². The average molecular weight is 221 g/mol. The van der Waals surface area contributed by atoms with E-state index in [1.54, 1.807) is 6.07 Å². The Labute approximate surface area is 95.6 Å². The van der Waals surface area contributed by atoms with E-state index >= 15 is 0 Å². The van der Waals surface area contributed by atoms with Crippen molar-refractivity contribution in [1.29, 1.82) is 0 Å². The minimum Gasteiger partial charge on any atom is -0.490 e. The SMILES string of the molecule is C#CCCCOc1c(F)cccc1CCN. The number of hydrogen-bond acceptors (Lipinski definition) is 2. The first-order valence-corrected chi connectivity index (χ1v) is 5.33. The highest BCUT2D eigenvalue weighted by Gasteiger charge is 2.08. The maximum Gasteiger partial charge on any atom is 0.165 e. The zero-order valence-electron chi connectivity index (χ0n) is 9.21. The van der Waals surface area contributed by atoms with Crippen LogP contribution in [0.2, 0.25) is 0 Å². The Kier molecular flexibility index (Phi) is 5.38. The Morgan fingerprint density at radius 1 is 1.44 bits per heavy atom. The van der Waals surface area contributed by atoms with E-state index in [-0.39, 0.29) is 5.82 Å². The van der Waals surface area contributed by atoms with Crippen LogP contribution in [0.25, 0.3) is 0 Å². The number of rotatable bonds is 6. The maximum absolute atomic E-state index is 13.5. The molecule has 0 saturated carbocycles. The summed E-state index contributed by atoms with van der Waals surface area (Å²) in [6.45, 7) is 0.910. The molecule has 2 N–H and O–H groups in total. The molecule has 0 aliphatic rings. The fraction of sp³-hybridized carbons (Fsp3) is 0.385. The van der Waals surface area contributed by atoms with Gasteiger partial charge in [-0.15, -0.1) is 12.3 Å². The van der Waals surface area contributed by atoms with Gasteiger partial charge in [-0.2, -0.15) is 0 Å². The summed E-state index contributed by atoms with van der Waals surface area (Å²) in [6, 6.07) is 4.87. The van der Waals surface area contributed by atoms with Crippen LogP contribution in [-0.2, 0) is 6.42 Å². The van der Waals surface area contributed by atoms with Crippen molar-refractivity contribution in [2.24, 2.45) is 5.73 Å². The van der Waals surface area contributed by atoms with E-state index in [1.165, 1.54) is 6.07 Å². The number of hydrogen-bond donors (Lipinski definition) is 1. The minimum absolute atomic E-state index is 0.310.